The molecular weight excluding hydrogens is 458 g/mol. The van der Waals surface area contributed by atoms with Crippen LogP contribution in [-0.4, -0.2) is 29.6 Å². The molecule has 1 aromatic heterocycles. The first-order chi connectivity index (χ1) is 18.2. The van der Waals surface area contributed by atoms with Crippen molar-refractivity contribution < 1.29 is 9.47 Å². The summed E-state index contributed by atoms with van der Waals surface area (Å²) in [6.07, 6.45) is 8.44. The summed E-state index contributed by atoms with van der Waals surface area (Å²) < 4.78 is 11.9. The van der Waals surface area contributed by atoms with Gasteiger partial charge in [0.2, 0.25) is 0 Å². The van der Waals surface area contributed by atoms with Crippen molar-refractivity contribution in [3.8, 4) is 11.5 Å². The number of aliphatic imine (C=N–C) groups is 2. The number of aromatic nitrogens is 1. The molecule has 5 nitrogen and oxygen atoms in total. The van der Waals surface area contributed by atoms with E-state index in [0.29, 0.717) is 13.1 Å². The van der Waals surface area contributed by atoms with Gasteiger partial charge < -0.3 is 9.47 Å². The van der Waals surface area contributed by atoms with Crippen LogP contribution in [0.25, 0.3) is 0 Å². The zero-order valence-electron chi connectivity index (χ0n) is 22.3. The lowest BCUT2D eigenvalue weighted by Gasteiger charge is -2.09. The van der Waals surface area contributed by atoms with Crippen LogP contribution in [0.15, 0.2) is 76.7 Å². The summed E-state index contributed by atoms with van der Waals surface area (Å²) in [5.74, 6) is 1.85. The number of pyridine rings is 1. The van der Waals surface area contributed by atoms with Crippen molar-refractivity contribution in [2.75, 3.05) is 13.2 Å². The lowest BCUT2D eigenvalue weighted by molar-refractivity contribution is 0.299. The maximum absolute atomic E-state index is 5.93. The van der Waals surface area contributed by atoms with Gasteiger partial charge in [0, 0.05) is 0 Å². The van der Waals surface area contributed by atoms with Gasteiger partial charge in [0.25, 0.3) is 0 Å². The number of rotatable bonds is 0. The average Bonchev–Trinajstić information content (AvgIpc) is 2.94. The largest absolute Gasteiger partial charge is 0.494 e. The SMILES string of the molecule is C/C1=N\Cc2ccc(cc2)OCCCCCCCCCOc2ccc(cc2)C/N=C(\C)c2cccc1n2. The molecule has 0 amide bonds. The minimum Gasteiger partial charge on any atom is -0.494 e. The first-order valence-corrected chi connectivity index (χ1v) is 13.6. The molecule has 0 aliphatic carbocycles. The third kappa shape index (κ3) is 8.85. The van der Waals surface area contributed by atoms with E-state index < -0.39 is 0 Å². The Morgan fingerprint density at radius 2 is 0.919 bits per heavy atom. The van der Waals surface area contributed by atoms with Crippen molar-refractivity contribution in [3.63, 3.8) is 0 Å². The first kappa shape index (κ1) is 26.6. The van der Waals surface area contributed by atoms with Gasteiger partial charge >= 0.3 is 0 Å². The molecule has 5 heterocycles. The van der Waals surface area contributed by atoms with Gasteiger partial charge in [0.1, 0.15) is 11.5 Å². The third-order valence-electron chi connectivity index (χ3n) is 6.66. The lowest BCUT2D eigenvalue weighted by atomic mass is 10.1. The van der Waals surface area contributed by atoms with Gasteiger partial charge in [-0.2, -0.15) is 0 Å². The number of benzene rings is 2. The topological polar surface area (TPSA) is 56.1 Å². The molecule has 0 spiro atoms. The predicted octanol–water partition coefficient (Wildman–Crippen LogP) is 7.60. The third-order valence-corrected chi connectivity index (χ3v) is 6.66. The number of hydrogen-bond acceptors (Lipinski definition) is 5. The summed E-state index contributed by atoms with van der Waals surface area (Å²) in [5.41, 5.74) is 5.90. The van der Waals surface area contributed by atoms with Gasteiger partial charge in [0.05, 0.1) is 49.1 Å². The van der Waals surface area contributed by atoms with Gasteiger partial charge in [-0.3, -0.25) is 9.98 Å². The normalized spacial score (nSPS) is 19.3. The highest BCUT2D eigenvalue weighted by molar-refractivity contribution is 6.00. The van der Waals surface area contributed by atoms with E-state index in [9.17, 15) is 0 Å². The van der Waals surface area contributed by atoms with E-state index in [1.54, 1.807) is 0 Å². The summed E-state index contributed by atoms with van der Waals surface area (Å²) >= 11 is 0. The van der Waals surface area contributed by atoms with Crippen LogP contribution in [0.5, 0.6) is 11.5 Å². The highest BCUT2D eigenvalue weighted by Crippen LogP contribution is 2.17. The molecule has 5 heteroatoms. The molecule has 37 heavy (non-hydrogen) atoms. The maximum Gasteiger partial charge on any atom is 0.119 e. The van der Waals surface area contributed by atoms with Gasteiger partial charge in [0.15, 0.2) is 0 Å². The zero-order valence-corrected chi connectivity index (χ0v) is 22.3. The Morgan fingerprint density at radius 1 is 0.514 bits per heavy atom. The quantitative estimate of drug-likeness (QED) is 0.321. The molecule has 0 fully saturated rings. The van der Waals surface area contributed by atoms with Crippen molar-refractivity contribution in [2.24, 2.45) is 9.98 Å². The highest BCUT2D eigenvalue weighted by atomic mass is 16.5. The molecule has 6 bridgehead atoms. The van der Waals surface area contributed by atoms with Crippen molar-refractivity contribution in [2.45, 2.75) is 71.9 Å². The van der Waals surface area contributed by atoms with Gasteiger partial charge in [-0.05, 0) is 74.2 Å². The molecule has 0 atom stereocenters. The summed E-state index contributed by atoms with van der Waals surface area (Å²) in [6, 6.07) is 22.6. The Kier molecular flexibility index (Phi) is 10.3. The van der Waals surface area contributed by atoms with Gasteiger partial charge in [-0.25, -0.2) is 4.98 Å². The monoisotopic (exact) mass is 497 g/mol. The first-order valence-electron chi connectivity index (χ1n) is 13.6. The molecule has 0 N–H and O–H groups in total. The van der Waals surface area contributed by atoms with Crippen molar-refractivity contribution in [1.82, 2.24) is 4.98 Å². The minimum atomic E-state index is 0.616. The molecule has 194 valence electrons. The summed E-state index contributed by atoms with van der Waals surface area (Å²) in [5, 5.41) is 0. The Balaban J connectivity index is 1.45. The smallest absolute Gasteiger partial charge is 0.119 e. The van der Waals surface area contributed by atoms with Gasteiger partial charge in [-0.15, -0.1) is 0 Å². The fraction of sp³-hybridized carbons (Fsp3) is 0.406. The van der Waals surface area contributed by atoms with Crippen LogP contribution in [0, 0.1) is 0 Å². The predicted molar refractivity (Wildman–Crippen MR) is 152 cm³/mol. The standard InChI is InChI=1S/C32H39N3O2/c1-25-31-11-10-12-32(35-31)26(2)34-24-28-15-19-30(20-16-28)37-22-9-7-5-3-4-6-8-21-36-29-17-13-27(14-18-29)23-33-25/h10-20H,3-9,21-24H2,1-2H3/b33-25+,34-26+. The fourth-order valence-electron chi connectivity index (χ4n) is 4.27. The second kappa shape index (κ2) is 14.3. The molecule has 2 aromatic carbocycles. The lowest BCUT2D eigenvalue weighted by Crippen LogP contribution is -2.06. The Bertz CT molecular complexity index is 1080. The van der Waals surface area contributed by atoms with Crippen molar-refractivity contribution in [1.29, 1.82) is 0 Å². The zero-order chi connectivity index (χ0) is 25.7. The number of nitrogens with zero attached hydrogens (tertiary/aromatic N) is 3. The average molecular weight is 498 g/mol. The second-order valence-electron chi connectivity index (χ2n) is 9.67. The highest BCUT2D eigenvalue weighted by Gasteiger charge is 2.05. The molecule has 0 unspecified atom stereocenters. The maximum atomic E-state index is 5.93. The number of ether oxygens (including phenoxy) is 2. The summed E-state index contributed by atoms with van der Waals surface area (Å²) in [4.78, 5) is 14.4. The Hall–Kier alpha value is -3.47. The van der Waals surface area contributed by atoms with Crippen molar-refractivity contribution >= 4 is 11.4 Å². The Morgan fingerprint density at radius 3 is 1.35 bits per heavy atom. The van der Waals surface area contributed by atoms with Crippen LogP contribution in [-0.2, 0) is 13.1 Å². The van der Waals surface area contributed by atoms with E-state index in [-0.39, 0.29) is 0 Å². The molecule has 0 saturated heterocycles. The molecule has 3 aromatic rings. The van der Waals surface area contributed by atoms with Crippen LogP contribution in [0.4, 0.5) is 0 Å². The van der Waals surface area contributed by atoms with Crippen LogP contribution < -0.4 is 9.47 Å². The van der Waals surface area contributed by atoms with E-state index >= 15 is 0 Å². The fourth-order valence-corrected chi connectivity index (χ4v) is 4.27. The second-order valence-corrected chi connectivity index (χ2v) is 9.67. The van der Waals surface area contributed by atoms with Crippen LogP contribution in [0.1, 0.15) is 81.3 Å². The summed E-state index contributed by atoms with van der Waals surface area (Å²) in [6.45, 7) is 6.80. The van der Waals surface area contributed by atoms with Crippen LogP contribution in [0.2, 0.25) is 0 Å². The minimum absolute atomic E-state index is 0.616. The Labute approximate surface area is 221 Å². The van der Waals surface area contributed by atoms with E-state index in [1.165, 1.54) is 32.1 Å². The molecule has 0 saturated carbocycles. The molecular formula is C32H39N3O2. The van der Waals surface area contributed by atoms with Gasteiger partial charge in [-0.1, -0.05) is 62.4 Å². The van der Waals surface area contributed by atoms with E-state index in [0.717, 1.165) is 71.5 Å². The van der Waals surface area contributed by atoms with E-state index in [1.807, 2.05) is 56.3 Å². The number of hydrogen-bond donors (Lipinski definition) is 0. The van der Waals surface area contributed by atoms with E-state index in [4.69, 9.17) is 24.4 Å². The van der Waals surface area contributed by atoms with Crippen molar-refractivity contribution in [3.05, 3.63) is 89.2 Å². The molecule has 0 radical (unpaired) electrons. The molecule has 7 rings (SSSR count). The molecule has 4 aliphatic rings. The summed E-state index contributed by atoms with van der Waals surface area (Å²) in [7, 11) is 0. The van der Waals surface area contributed by atoms with E-state index in [2.05, 4.69) is 24.3 Å². The molecule has 4 aliphatic heterocycles. The van der Waals surface area contributed by atoms with Crippen LogP contribution in [0.3, 0.4) is 0 Å². The van der Waals surface area contributed by atoms with Crippen LogP contribution >= 0.6 is 0 Å².